The standard InChI is InChI=1S/C32H26N4O4/c1-19-8-4-7-11-23(19)39-17-27-34-31-30-28(21-13-14-24(37-2)26(16-21)38-3)29-22-10-6-5-9-20(22)12-15-25(29)40-32(30)33-18-36(31)35-27/h4-16,18,28H,17H2,1-3H3/t28-/m0/s1. The summed E-state index contributed by atoms with van der Waals surface area (Å²) in [6.07, 6.45) is 1.64. The fraction of sp³-hybridized carbons (Fsp3) is 0.156. The van der Waals surface area contributed by atoms with Gasteiger partial charge < -0.3 is 18.9 Å². The van der Waals surface area contributed by atoms with Crippen LogP contribution in [0.1, 0.15) is 34.0 Å². The molecule has 4 aromatic carbocycles. The average Bonchev–Trinajstić information content (AvgIpc) is 3.42. The van der Waals surface area contributed by atoms with Gasteiger partial charge in [0.2, 0.25) is 5.88 Å². The first-order chi connectivity index (χ1) is 19.6. The Morgan fingerprint density at radius 3 is 2.52 bits per heavy atom. The summed E-state index contributed by atoms with van der Waals surface area (Å²) < 4.78 is 25.4. The Kier molecular flexibility index (Phi) is 5.73. The lowest BCUT2D eigenvalue weighted by Crippen LogP contribution is -2.15. The zero-order valence-corrected chi connectivity index (χ0v) is 22.3. The lowest BCUT2D eigenvalue weighted by molar-refractivity contribution is 0.294. The highest BCUT2D eigenvalue weighted by atomic mass is 16.5. The van der Waals surface area contributed by atoms with Crippen LogP contribution in [0.3, 0.4) is 0 Å². The number of methoxy groups -OCH3 is 2. The van der Waals surface area contributed by atoms with Gasteiger partial charge in [0.15, 0.2) is 23.0 Å². The fourth-order valence-electron chi connectivity index (χ4n) is 5.44. The molecule has 3 heterocycles. The minimum atomic E-state index is -0.254. The summed E-state index contributed by atoms with van der Waals surface area (Å²) >= 11 is 0. The van der Waals surface area contributed by atoms with Gasteiger partial charge in [0.25, 0.3) is 0 Å². The molecule has 0 saturated heterocycles. The van der Waals surface area contributed by atoms with Crippen LogP contribution in [0.4, 0.5) is 0 Å². The maximum atomic E-state index is 6.42. The third-order valence-corrected chi connectivity index (χ3v) is 7.34. The van der Waals surface area contributed by atoms with Gasteiger partial charge >= 0.3 is 0 Å². The lowest BCUT2D eigenvalue weighted by atomic mass is 9.81. The molecule has 0 bridgehead atoms. The molecule has 6 aromatic rings. The lowest BCUT2D eigenvalue weighted by Gasteiger charge is -2.29. The van der Waals surface area contributed by atoms with Crippen LogP contribution in [0, 0.1) is 6.92 Å². The third kappa shape index (κ3) is 3.88. The number of aryl methyl sites for hydroxylation is 1. The summed E-state index contributed by atoms with van der Waals surface area (Å²) in [6, 6.07) is 26.3. The summed E-state index contributed by atoms with van der Waals surface area (Å²) in [5.74, 6) is 3.64. The molecule has 0 fully saturated rings. The van der Waals surface area contributed by atoms with Gasteiger partial charge in [-0.15, -0.1) is 5.10 Å². The Morgan fingerprint density at radius 2 is 1.68 bits per heavy atom. The van der Waals surface area contributed by atoms with E-state index in [4.69, 9.17) is 29.0 Å². The van der Waals surface area contributed by atoms with Gasteiger partial charge in [-0.05, 0) is 53.1 Å². The molecule has 0 amide bonds. The molecule has 1 aliphatic rings. The van der Waals surface area contributed by atoms with Crippen LogP contribution in [-0.2, 0) is 6.61 Å². The predicted octanol–water partition coefficient (Wildman–Crippen LogP) is 6.47. The van der Waals surface area contributed by atoms with Gasteiger partial charge in [0, 0.05) is 11.5 Å². The van der Waals surface area contributed by atoms with E-state index < -0.39 is 0 Å². The molecular formula is C32H26N4O4. The van der Waals surface area contributed by atoms with Crippen molar-refractivity contribution >= 4 is 16.4 Å². The summed E-state index contributed by atoms with van der Waals surface area (Å²) in [6.45, 7) is 2.24. The number of hydrogen-bond acceptors (Lipinski definition) is 7. The highest BCUT2D eigenvalue weighted by molar-refractivity contribution is 5.91. The van der Waals surface area contributed by atoms with E-state index in [1.165, 1.54) is 0 Å². The first kappa shape index (κ1) is 24.0. The van der Waals surface area contributed by atoms with Gasteiger partial charge in [-0.25, -0.2) is 14.5 Å². The van der Waals surface area contributed by atoms with Crippen molar-refractivity contribution in [2.45, 2.75) is 19.4 Å². The van der Waals surface area contributed by atoms with Crippen molar-refractivity contribution in [3.63, 3.8) is 0 Å². The number of benzene rings is 4. The molecule has 1 atom stereocenters. The summed E-state index contributed by atoms with van der Waals surface area (Å²) in [5.41, 5.74) is 4.57. The number of rotatable bonds is 6. The van der Waals surface area contributed by atoms with Crippen molar-refractivity contribution < 1.29 is 18.9 Å². The SMILES string of the molecule is COc1ccc([C@H]2c3c(ccc4ccccc34)Oc3ncn4nc(COc5ccccc5C)nc4c32)cc1OC. The van der Waals surface area contributed by atoms with Crippen LogP contribution >= 0.6 is 0 Å². The molecule has 198 valence electrons. The quantitative estimate of drug-likeness (QED) is 0.244. The van der Waals surface area contributed by atoms with E-state index in [-0.39, 0.29) is 12.5 Å². The number of nitrogens with zero attached hydrogens (tertiary/aromatic N) is 4. The molecule has 0 N–H and O–H groups in total. The molecule has 0 aliphatic carbocycles. The van der Waals surface area contributed by atoms with Crippen molar-refractivity contribution in [2.24, 2.45) is 0 Å². The van der Waals surface area contributed by atoms with Crippen LogP contribution in [0.2, 0.25) is 0 Å². The van der Waals surface area contributed by atoms with E-state index in [1.807, 2.05) is 61.5 Å². The maximum Gasteiger partial charge on any atom is 0.228 e. The van der Waals surface area contributed by atoms with Gasteiger partial charge in [-0.3, -0.25) is 0 Å². The predicted molar refractivity (Wildman–Crippen MR) is 151 cm³/mol. The van der Waals surface area contributed by atoms with Crippen molar-refractivity contribution in [1.29, 1.82) is 0 Å². The Labute approximate surface area is 230 Å². The Bertz CT molecular complexity index is 1900. The first-order valence-electron chi connectivity index (χ1n) is 13.0. The van der Waals surface area contributed by atoms with Gasteiger partial charge in [0.05, 0.1) is 19.8 Å². The molecule has 0 spiro atoms. The Balaban J connectivity index is 1.42. The average molecular weight is 531 g/mol. The van der Waals surface area contributed by atoms with Crippen LogP contribution < -0.4 is 18.9 Å². The number of ether oxygens (including phenoxy) is 4. The Hall–Kier alpha value is -5.11. The van der Waals surface area contributed by atoms with Crippen molar-refractivity contribution in [2.75, 3.05) is 14.2 Å². The molecule has 7 rings (SSSR count). The number of fused-ring (bicyclic) bond motifs is 6. The van der Waals surface area contributed by atoms with Gasteiger partial charge in [0.1, 0.15) is 24.4 Å². The second-order valence-electron chi connectivity index (χ2n) is 9.66. The molecule has 0 unspecified atom stereocenters. The first-order valence-corrected chi connectivity index (χ1v) is 13.0. The molecule has 8 nitrogen and oxygen atoms in total. The van der Waals surface area contributed by atoms with Crippen molar-refractivity contribution in [3.8, 4) is 28.9 Å². The summed E-state index contributed by atoms with van der Waals surface area (Å²) in [7, 11) is 3.27. The largest absolute Gasteiger partial charge is 0.493 e. The Morgan fingerprint density at radius 1 is 0.850 bits per heavy atom. The van der Waals surface area contributed by atoms with E-state index in [0.29, 0.717) is 28.9 Å². The molecule has 2 aromatic heterocycles. The van der Waals surface area contributed by atoms with Crippen LogP contribution in [0.5, 0.6) is 28.9 Å². The molecule has 1 aliphatic heterocycles. The highest BCUT2D eigenvalue weighted by Gasteiger charge is 2.35. The second kappa shape index (κ2) is 9.57. The highest BCUT2D eigenvalue weighted by Crippen LogP contribution is 2.51. The minimum absolute atomic E-state index is 0.225. The second-order valence-corrected chi connectivity index (χ2v) is 9.66. The molecular weight excluding hydrogens is 504 g/mol. The number of aromatic nitrogens is 4. The van der Waals surface area contributed by atoms with Crippen molar-refractivity contribution in [3.05, 3.63) is 113 Å². The van der Waals surface area contributed by atoms with E-state index in [0.717, 1.165) is 44.5 Å². The van der Waals surface area contributed by atoms with Crippen LogP contribution in [-0.4, -0.2) is 33.8 Å². The van der Waals surface area contributed by atoms with E-state index >= 15 is 0 Å². The molecule has 40 heavy (non-hydrogen) atoms. The molecule has 0 saturated carbocycles. The van der Waals surface area contributed by atoms with E-state index in [2.05, 4.69) is 29.2 Å². The molecule has 8 heteroatoms. The van der Waals surface area contributed by atoms with Gasteiger partial charge in [-0.1, -0.05) is 54.6 Å². The number of hydrogen-bond donors (Lipinski definition) is 0. The van der Waals surface area contributed by atoms with Crippen LogP contribution in [0.15, 0.2) is 85.2 Å². The normalized spacial score (nSPS) is 13.9. The summed E-state index contributed by atoms with van der Waals surface area (Å²) in [5, 5.41) is 6.90. The van der Waals surface area contributed by atoms with E-state index in [1.54, 1.807) is 25.1 Å². The third-order valence-electron chi connectivity index (χ3n) is 7.34. The number of para-hydroxylation sites is 1. The van der Waals surface area contributed by atoms with Crippen molar-refractivity contribution in [1.82, 2.24) is 19.6 Å². The van der Waals surface area contributed by atoms with Crippen LogP contribution in [0.25, 0.3) is 16.4 Å². The van der Waals surface area contributed by atoms with Gasteiger partial charge in [-0.2, -0.15) is 0 Å². The minimum Gasteiger partial charge on any atom is -0.493 e. The monoisotopic (exact) mass is 530 g/mol. The molecule has 0 radical (unpaired) electrons. The summed E-state index contributed by atoms with van der Waals surface area (Å²) in [4.78, 5) is 9.59. The topological polar surface area (TPSA) is 80.0 Å². The zero-order valence-electron chi connectivity index (χ0n) is 22.3. The maximum absolute atomic E-state index is 6.42. The smallest absolute Gasteiger partial charge is 0.228 e. The fourth-order valence-corrected chi connectivity index (χ4v) is 5.44. The zero-order chi connectivity index (χ0) is 27.2. The van der Waals surface area contributed by atoms with E-state index in [9.17, 15) is 0 Å².